The predicted octanol–water partition coefficient (Wildman–Crippen LogP) is 4.72. The van der Waals surface area contributed by atoms with Crippen molar-refractivity contribution in [2.24, 2.45) is 0 Å². The molecule has 154 valence electrons. The second-order valence-corrected chi connectivity index (χ2v) is 7.75. The fourth-order valence-electron chi connectivity index (χ4n) is 3.91. The minimum atomic E-state index is -0.287. The van der Waals surface area contributed by atoms with Crippen molar-refractivity contribution in [3.8, 4) is 11.1 Å². The third kappa shape index (κ3) is 4.03. The van der Waals surface area contributed by atoms with Crippen LogP contribution in [0.3, 0.4) is 0 Å². The van der Waals surface area contributed by atoms with Crippen molar-refractivity contribution in [1.82, 2.24) is 14.9 Å². The van der Waals surface area contributed by atoms with Gasteiger partial charge in [-0.1, -0.05) is 30.3 Å². The topological polar surface area (TPSA) is 49.3 Å². The van der Waals surface area contributed by atoms with Gasteiger partial charge in [0.05, 0.1) is 11.7 Å². The lowest BCUT2D eigenvalue weighted by Gasteiger charge is -2.36. The van der Waals surface area contributed by atoms with Crippen molar-refractivity contribution in [2.75, 3.05) is 25.5 Å². The monoisotopic (exact) mass is 404 g/mol. The number of anilines is 1. The van der Waals surface area contributed by atoms with Crippen molar-refractivity contribution in [3.05, 3.63) is 77.9 Å². The van der Waals surface area contributed by atoms with E-state index in [0.29, 0.717) is 18.1 Å². The average Bonchev–Trinajstić information content (AvgIpc) is 2.79. The van der Waals surface area contributed by atoms with Gasteiger partial charge in [0.15, 0.2) is 0 Å². The number of carbonyl (C=O) groups excluding carboxylic acids is 1. The van der Waals surface area contributed by atoms with Crippen LogP contribution in [0.4, 0.5) is 10.3 Å². The fraction of sp³-hybridized carbons (Fsp3) is 0.292. The van der Waals surface area contributed by atoms with Crippen LogP contribution in [0, 0.1) is 5.82 Å². The third-order valence-electron chi connectivity index (χ3n) is 5.46. The normalized spacial score (nSPS) is 16.4. The Morgan fingerprint density at radius 1 is 1.07 bits per heavy atom. The number of hydrogen-bond acceptors (Lipinski definition) is 4. The molecule has 1 fully saturated rings. The molecular formula is C24H25FN4O. The lowest BCUT2D eigenvalue weighted by molar-refractivity contribution is 0.0607. The van der Waals surface area contributed by atoms with Gasteiger partial charge in [-0.2, -0.15) is 0 Å². The summed E-state index contributed by atoms with van der Waals surface area (Å²) in [5.74, 6) is 0.314. The number of halogens is 1. The molecule has 0 bridgehead atoms. The Morgan fingerprint density at radius 3 is 2.50 bits per heavy atom. The van der Waals surface area contributed by atoms with E-state index >= 15 is 0 Å². The van der Waals surface area contributed by atoms with E-state index in [1.165, 1.54) is 12.1 Å². The van der Waals surface area contributed by atoms with Gasteiger partial charge in [0.1, 0.15) is 5.82 Å². The van der Waals surface area contributed by atoms with Crippen LogP contribution in [0.5, 0.6) is 0 Å². The highest BCUT2D eigenvalue weighted by Crippen LogP contribution is 2.37. The molecule has 1 amide bonds. The minimum Gasteiger partial charge on any atom is -0.347 e. The quantitative estimate of drug-likeness (QED) is 0.632. The summed E-state index contributed by atoms with van der Waals surface area (Å²) in [5, 5.41) is 0. The summed E-state index contributed by atoms with van der Waals surface area (Å²) < 4.78 is 13.5. The maximum absolute atomic E-state index is 13.5. The van der Waals surface area contributed by atoms with E-state index in [1.807, 2.05) is 54.2 Å². The Hall–Kier alpha value is -3.28. The van der Waals surface area contributed by atoms with Crippen LogP contribution in [-0.4, -0.2) is 41.4 Å². The Bertz CT molecular complexity index is 1020. The van der Waals surface area contributed by atoms with Crippen LogP contribution >= 0.6 is 0 Å². The first-order valence-electron chi connectivity index (χ1n) is 10.2. The second-order valence-electron chi connectivity index (χ2n) is 7.75. The van der Waals surface area contributed by atoms with Gasteiger partial charge in [-0.05, 0) is 49.1 Å². The molecule has 0 N–H and O–H groups in total. The maximum atomic E-state index is 13.5. The van der Waals surface area contributed by atoms with Gasteiger partial charge in [-0.25, -0.2) is 14.4 Å². The van der Waals surface area contributed by atoms with Crippen LogP contribution < -0.4 is 4.90 Å². The van der Waals surface area contributed by atoms with Gasteiger partial charge in [0.25, 0.3) is 5.91 Å². The molecular weight excluding hydrogens is 379 g/mol. The zero-order chi connectivity index (χ0) is 21.1. The van der Waals surface area contributed by atoms with E-state index in [4.69, 9.17) is 4.98 Å². The molecule has 0 saturated carbocycles. The van der Waals surface area contributed by atoms with E-state index in [0.717, 1.165) is 36.1 Å². The predicted molar refractivity (Wildman–Crippen MR) is 116 cm³/mol. The molecule has 1 atom stereocenters. The number of carbonyl (C=O) groups is 1. The zero-order valence-corrected chi connectivity index (χ0v) is 17.3. The minimum absolute atomic E-state index is 0.00960. The van der Waals surface area contributed by atoms with Gasteiger partial charge in [0, 0.05) is 38.0 Å². The summed E-state index contributed by atoms with van der Waals surface area (Å²) in [7, 11) is 3.79. The zero-order valence-electron chi connectivity index (χ0n) is 17.3. The van der Waals surface area contributed by atoms with Crippen LogP contribution in [0.2, 0.25) is 0 Å². The van der Waals surface area contributed by atoms with Crippen LogP contribution in [0.1, 0.15) is 41.4 Å². The number of aromatic nitrogens is 2. The molecule has 5 nitrogen and oxygen atoms in total. The van der Waals surface area contributed by atoms with E-state index in [2.05, 4.69) is 4.98 Å². The van der Waals surface area contributed by atoms with Gasteiger partial charge >= 0.3 is 0 Å². The molecule has 1 unspecified atom stereocenters. The summed E-state index contributed by atoms with van der Waals surface area (Å²) in [6, 6.07) is 15.5. The molecule has 6 heteroatoms. The lowest BCUT2D eigenvalue weighted by atomic mass is 9.93. The molecule has 4 rings (SSSR count). The SMILES string of the molecule is CN(C)c1ncc(-c2ccc(F)cc2)c(C2CCCCN2C(=O)c2ccccc2)n1. The summed E-state index contributed by atoms with van der Waals surface area (Å²) in [4.78, 5) is 26.4. The number of amides is 1. The Labute approximate surface area is 176 Å². The molecule has 1 aliphatic heterocycles. The smallest absolute Gasteiger partial charge is 0.254 e. The van der Waals surface area contributed by atoms with Crippen molar-refractivity contribution in [3.63, 3.8) is 0 Å². The van der Waals surface area contributed by atoms with Crippen molar-refractivity contribution >= 4 is 11.9 Å². The molecule has 1 aliphatic rings. The van der Waals surface area contributed by atoms with Gasteiger partial charge in [-0.3, -0.25) is 4.79 Å². The molecule has 0 aliphatic carbocycles. The maximum Gasteiger partial charge on any atom is 0.254 e. The average molecular weight is 404 g/mol. The van der Waals surface area contributed by atoms with E-state index in [9.17, 15) is 9.18 Å². The highest BCUT2D eigenvalue weighted by molar-refractivity contribution is 5.94. The van der Waals surface area contributed by atoms with Gasteiger partial charge in [0.2, 0.25) is 5.95 Å². The molecule has 1 saturated heterocycles. The van der Waals surface area contributed by atoms with Gasteiger partial charge in [-0.15, -0.1) is 0 Å². The summed E-state index contributed by atoms with van der Waals surface area (Å²) >= 11 is 0. The van der Waals surface area contributed by atoms with Crippen molar-refractivity contribution < 1.29 is 9.18 Å². The standard InChI is InChI=1S/C24H25FN4O/c1-28(2)24-26-16-20(17-11-13-19(25)14-12-17)22(27-24)21-10-6-7-15-29(21)23(30)18-8-4-3-5-9-18/h3-5,8-9,11-14,16,21H,6-7,10,15H2,1-2H3. The highest BCUT2D eigenvalue weighted by Gasteiger charge is 2.32. The molecule has 2 heterocycles. The van der Waals surface area contributed by atoms with Crippen molar-refractivity contribution in [2.45, 2.75) is 25.3 Å². The largest absolute Gasteiger partial charge is 0.347 e. The van der Waals surface area contributed by atoms with Gasteiger partial charge < -0.3 is 9.80 Å². The first-order chi connectivity index (χ1) is 14.5. The van der Waals surface area contributed by atoms with E-state index in [-0.39, 0.29) is 17.8 Å². The first-order valence-corrected chi connectivity index (χ1v) is 10.2. The molecule has 0 radical (unpaired) electrons. The number of piperidine rings is 1. The van der Waals surface area contributed by atoms with E-state index < -0.39 is 0 Å². The van der Waals surface area contributed by atoms with Crippen LogP contribution in [0.15, 0.2) is 60.8 Å². The lowest BCUT2D eigenvalue weighted by Crippen LogP contribution is -2.39. The molecule has 1 aromatic heterocycles. The molecule has 3 aromatic rings. The van der Waals surface area contributed by atoms with Crippen molar-refractivity contribution in [1.29, 1.82) is 0 Å². The first kappa shape index (κ1) is 20.0. The highest BCUT2D eigenvalue weighted by atomic mass is 19.1. The number of likely N-dealkylation sites (tertiary alicyclic amines) is 1. The van der Waals surface area contributed by atoms with Crippen LogP contribution in [0.25, 0.3) is 11.1 Å². The number of hydrogen-bond donors (Lipinski definition) is 0. The third-order valence-corrected chi connectivity index (χ3v) is 5.46. The molecule has 0 spiro atoms. The Morgan fingerprint density at radius 2 is 1.80 bits per heavy atom. The Kier molecular flexibility index (Phi) is 5.74. The summed E-state index contributed by atoms with van der Waals surface area (Å²) in [6.07, 6.45) is 4.60. The number of benzene rings is 2. The molecule has 30 heavy (non-hydrogen) atoms. The fourth-order valence-corrected chi connectivity index (χ4v) is 3.91. The second kappa shape index (κ2) is 8.61. The van der Waals surface area contributed by atoms with Crippen LogP contribution in [-0.2, 0) is 0 Å². The Balaban J connectivity index is 1.80. The summed E-state index contributed by atoms with van der Waals surface area (Å²) in [6.45, 7) is 0.683. The molecule has 2 aromatic carbocycles. The summed E-state index contributed by atoms with van der Waals surface area (Å²) in [5.41, 5.74) is 3.16. The number of nitrogens with zero attached hydrogens (tertiary/aromatic N) is 4. The number of rotatable bonds is 4. The van der Waals surface area contributed by atoms with E-state index in [1.54, 1.807) is 18.3 Å².